The predicted molar refractivity (Wildman–Crippen MR) is 122 cm³/mol. The van der Waals surface area contributed by atoms with Gasteiger partial charge in [0.05, 0.1) is 24.3 Å². The molecule has 2 amide bonds. The van der Waals surface area contributed by atoms with E-state index >= 15 is 0 Å². The van der Waals surface area contributed by atoms with Gasteiger partial charge in [-0.3, -0.25) is 19.3 Å². The molecule has 2 heterocycles. The van der Waals surface area contributed by atoms with Crippen LogP contribution < -0.4 is 4.90 Å². The Morgan fingerprint density at radius 3 is 2.30 bits per heavy atom. The Hall–Kier alpha value is -3.78. The summed E-state index contributed by atoms with van der Waals surface area (Å²) < 4.78 is 5.14. The van der Waals surface area contributed by atoms with Crippen molar-refractivity contribution in [2.45, 2.75) is 20.0 Å². The lowest BCUT2D eigenvalue weighted by molar-refractivity contribution is -0.141. The van der Waals surface area contributed by atoms with Crippen molar-refractivity contribution in [1.29, 1.82) is 0 Å². The van der Waals surface area contributed by atoms with Crippen LogP contribution in [0.4, 0.5) is 5.82 Å². The van der Waals surface area contributed by atoms with E-state index in [1.807, 2.05) is 30.3 Å². The molecule has 8 nitrogen and oxygen atoms in total. The molecule has 1 aromatic heterocycles. The Morgan fingerprint density at radius 1 is 1.03 bits per heavy atom. The molecular weight excluding hydrogens is 444 g/mol. The Labute approximate surface area is 195 Å². The third-order valence-electron chi connectivity index (χ3n) is 5.16. The van der Waals surface area contributed by atoms with Crippen molar-refractivity contribution in [3.63, 3.8) is 0 Å². The number of carbonyl (C=O) groups is 3. The first-order valence-corrected chi connectivity index (χ1v) is 10.8. The van der Waals surface area contributed by atoms with E-state index in [0.717, 1.165) is 10.5 Å². The summed E-state index contributed by atoms with van der Waals surface area (Å²) in [6.45, 7) is 2.15. The first kappa shape index (κ1) is 22.4. The highest BCUT2D eigenvalue weighted by Crippen LogP contribution is 2.28. The van der Waals surface area contributed by atoms with Crippen molar-refractivity contribution < 1.29 is 19.1 Å². The van der Waals surface area contributed by atoms with Crippen LogP contribution in [-0.4, -0.2) is 45.8 Å². The SMILES string of the molecule is CCOC(=O)CN(Cc1ccccc1)c1nc(Cl)ncc1CN1C(=O)c2ccccc2C1=O. The molecule has 0 saturated heterocycles. The van der Waals surface area contributed by atoms with E-state index in [1.165, 1.54) is 6.20 Å². The van der Waals surface area contributed by atoms with E-state index in [-0.39, 0.29) is 25.0 Å². The first-order chi connectivity index (χ1) is 16.0. The van der Waals surface area contributed by atoms with E-state index in [4.69, 9.17) is 16.3 Å². The number of ether oxygens (including phenoxy) is 1. The van der Waals surface area contributed by atoms with Gasteiger partial charge in [0.1, 0.15) is 12.4 Å². The number of halogens is 1. The van der Waals surface area contributed by atoms with Crippen LogP contribution in [0.5, 0.6) is 0 Å². The van der Waals surface area contributed by atoms with Gasteiger partial charge in [0.25, 0.3) is 11.8 Å². The number of anilines is 1. The summed E-state index contributed by atoms with van der Waals surface area (Å²) in [5.41, 5.74) is 2.12. The number of benzene rings is 2. The lowest BCUT2D eigenvalue weighted by Crippen LogP contribution is -2.34. The first-order valence-electron chi connectivity index (χ1n) is 10.4. The van der Waals surface area contributed by atoms with Crippen LogP contribution in [-0.2, 0) is 22.6 Å². The highest BCUT2D eigenvalue weighted by atomic mass is 35.5. The monoisotopic (exact) mass is 464 g/mol. The number of carbonyl (C=O) groups excluding carboxylic acids is 3. The zero-order valence-electron chi connectivity index (χ0n) is 17.9. The molecule has 0 atom stereocenters. The molecule has 0 saturated carbocycles. The summed E-state index contributed by atoms with van der Waals surface area (Å²) in [6, 6.07) is 16.2. The Morgan fingerprint density at radius 2 is 1.67 bits per heavy atom. The lowest BCUT2D eigenvalue weighted by Gasteiger charge is -2.26. The fourth-order valence-corrected chi connectivity index (χ4v) is 3.82. The number of aromatic nitrogens is 2. The number of hydrogen-bond donors (Lipinski definition) is 0. The summed E-state index contributed by atoms with van der Waals surface area (Å²) in [6.07, 6.45) is 1.47. The van der Waals surface area contributed by atoms with Crippen molar-refractivity contribution in [3.8, 4) is 0 Å². The number of nitrogens with zero attached hydrogens (tertiary/aromatic N) is 4. The van der Waals surface area contributed by atoms with Crippen molar-refractivity contribution in [3.05, 3.63) is 88.3 Å². The van der Waals surface area contributed by atoms with Gasteiger partial charge in [0, 0.05) is 18.3 Å². The minimum atomic E-state index is -0.435. The fourth-order valence-electron chi connectivity index (χ4n) is 3.69. The molecule has 1 aliphatic rings. The zero-order valence-corrected chi connectivity index (χ0v) is 18.7. The second-order valence-electron chi connectivity index (χ2n) is 7.38. The van der Waals surface area contributed by atoms with E-state index in [9.17, 15) is 14.4 Å². The van der Waals surface area contributed by atoms with Gasteiger partial charge in [-0.1, -0.05) is 42.5 Å². The molecule has 0 bridgehead atoms. The van der Waals surface area contributed by atoms with Gasteiger partial charge in [-0.2, -0.15) is 0 Å². The molecule has 2 aromatic carbocycles. The average molecular weight is 465 g/mol. The molecule has 3 aromatic rings. The lowest BCUT2D eigenvalue weighted by atomic mass is 10.1. The predicted octanol–water partition coefficient (Wildman–Crippen LogP) is 3.50. The van der Waals surface area contributed by atoms with Crippen LogP contribution in [0.15, 0.2) is 60.8 Å². The van der Waals surface area contributed by atoms with E-state index in [2.05, 4.69) is 9.97 Å². The Balaban J connectivity index is 1.68. The standard InChI is InChI=1S/C24H21ClN4O4/c1-2-33-20(30)15-28(13-16-8-4-3-5-9-16)21-17(12-26-24(25)27-21)14-29-22(31)18-10-6-7-11-19(18)23(29)32/h3-12H,2,13-15H2,1H3. The van der Waals surface area contributed by atoms with Crippen LogP contribution in [0.3, 0.4) is 0 Å². The van der Waals surface area contributed by atoms with Crippen LogP contribution >= 0.6 is 11.6 Å². The maximum absolute atomic E-state index is 12.9. The van der Waals surface area contributed by atoms with Gasteiger partial charge in [-0.15, -0.1) is 0 Å². The molecule has 0 spiro atoms. The second kappa shape index (κ2) is 9.79. The molecule has 0 unspecified atom stereocenters. The van der Waals surface area contributed by atoms with Crippen molar-refractivity contribution in [2.24, 2.45) is 0 Å². The third kappa shape index (κ3) is 4.85. The van der Waals surface area contributed by atoms with Gasteiger partial charge < -0.3 is 9.64 Å². The van der Waals surface area contributed by atoms with Crippen molar-refractivity contribution in [1.82, 2.24) is 14.9 Å². The molecule has 4 rings (SSSR count). The summed E-state index contributed by atoms with van der Waals surface area (Å²) in [4.78, 5) is 49.3. The Bertz CT molecular complexity index is 1170. The summed E-state index contributed by atoms with van der Waals surface area (Å²) in [5, 5.41) is -0.0157. The van der Waals surface area contributed by atoms with Gasteiger partial charge in [-0.05, 0) is 36.2 Å². The van der Waals surface area contributed by atoms with Gasteiger partial charge >= 0.3 is 5.97 Å². The van der Waals surface area contributed by atoms with E-state index in [1.54, 1.807) is 36.1 Å². The quantitative estimate of drug-likeness (QED) is 0.286. The molecule has 0 aliphatic carbocycles. The van der Waals surface area contributed by atoms with Crippen LogP contribution in [0.25, 0.3) is 0 Å². The maximum atomic E-state index is 12.9. The smallest absolute Gasteiger partial charge is 0.325 e. The number of hydrogen-bond acceptors (Lipinski definition) is 7. The second-order valence-corrected chi connectivity index (χ2v) is 7.71. The maximum Gasteiger partial charge on any atom is 0.325 e. The summed E-state index contributed by atoms with van der Waals surface area (Å²) >= 11 is 6.10. The minimum Gasteiger partial charge on any atom is -0.465 e. The topological polar surface area (TPSA) is 92.7 Å². The van der Waals surface area contributed by atoms with Gasteiger partial charge in [-0.25, -0.2) is 9.97 Å². The fraction of sp³-hybridized carbons (Fsp3) is 0.208. The van der Waals surface area contributed by atoms with E-state index < -0.39 is 17.8 Å². The largest absolute Gasteiger partial charge is 0.465 e. The molecule has 168 valence electrons. The molecular formula is C24H21ClN4O4. The summed E-state index contributed by atoms with van der Waals surface area (Å²) in [5.74, 6) is -0.869. The molecule has 33 heavy (non-hydrogen) atoms. The Kier molecular flexibility index (Phi) is 6.65. The van der Waals surface area contributed by atoms with E-state index in [0.29, 0.717) is 29.1 Å². The minimum absolute atomic E-state index is 0.0157. The van der Waals surface area contributed by atoms with Crippen molar-refractivity contribution in [2.75, 3.05) is 18.1 Å². The number of rotatable bonds is 8. The molecule has 1 aliphatic heterocycles. The molecule has 0 N–H and O–H groups in total. The number of amides is 2. The molecule has 0 radical (unpaired) electrons. The summed E-state index contributed by atoms with van der Waals surface area (Å²) in [7, 11) is 0. The number of esters is 1. The third-order valence-corrected chi connectivity index (χ3v) is 5.34. The van der Waals surface area contributed by atoms with Crippen LogP contribution in [0.2, 0.25) is 5.28 Å². The van der Waals surface area contributed by atoms with Crippen LogP contribution in [0.1, 0.15) is 38.8 Å². The zero-order chi connectivity index (χ0) is 23.4. The highest BCUT2D eigenvalue weighted by molar-refractivity contribution is 6.28. The van der Waals surface area contributed by atoms with Crippen LogP contribution in [0, 0.1) is 0 Å². The molecule has 0 fully saturated rings. The number of fused-ring (bicyclic) bond motifs is 1. The normalized spacial score (nSPS) is 12.6. The average Bonchev–Trinajstić information content (AvgIpc) is 3.05. The highest BCUT2D eigenvalue weighted by Gasteiger charge is 2.36. The number of imide groups is 1. The van der Waals surface area contributed by atoms with Gasteiger partial charge in [0.2, 0.25) is 5.28 Å². The molecule has 9 heteroatoms. The van der Waals surface area contributed by atoms with Crippen molar-refractivity contribution >= 4 is 35.2 Å². The van der Waals surface area contributed by atoms with Gasteiger partial charge in [0.15, 0.2) is 0 Å².